The Morgan fingerprint density at radius 2 is 2.17 bits per heavy atom. The third kappa shape index (κ3) is 2.88. The van der Waals surface area contributed by atoms with Crippen LogP contribution in [0.3, 0.4) is 0 Å². The minimum atomic E-state index is -1.13. The second-order valence-corrected chi connectivity index (χ2v) is 11.2. The van der Waals surface area contributed by atoms with Crippen molar-refractivity contribution >= 4 is 41.4 Å². The van der Waals surface area contributed by atoms with Crippen molar-refractivity contribution < 1.29 is 0 Å². The zero-order chi connectivity index (χ0) is 9.19. The number of hydrogen-bond acceptors (Lipinski definition) is 1. The molecule has 1 aromatic rings. The zero-order valence-corrected chi connectivity index (χ0v) is 11.0. The first-order valence-corrected chi connectivity index (χ1v) is 9.13. The maximum absolute atomic E-state index is 3.65. The molecule has 3 heteroatoms. The summed E-state index contributed by atoms with van der Waals surface area (Å²) in [5, 5.41) is 4.28. The standard InChI is InChI=1S/C9H13BrSSi/c1-12(2,3)9(10)6-8-4-5-11-7-8/h4-7H,1-3H3/b9-6+. The van der Waals surface area contributed by atoms with E-state index in [4.69, 9.17) is 0 Å². The summed E-state index contributed by atoms with van der Waals surface area (Å²) < 4.78 is 1.38. The van der Waals surface area contributed by atoms with Crippen molar-refractivity contribution in [1.29, 1.82) is 0 Å². The van der Waals surface area contributed by atoms with Gasteiger partial charge in [-0.15, -0.1) is 0 Å². The van der Waals surface area contributed by atoms with E-state index in [-0.39, 0.29) is 0 Å². The fourth-order valence-electron chi connectivity index (χ4n) is 0.720. The van der Waals surface area contributed by atoms with E-state index in [1.54, 1.807) is 11.3 Å². The Morgan fingerprint density at radius 3 is 2.58 bits per heavy atom. The van der Waals surface area contributed by atoms with Gasteiger partial charge in [-0.05, 0) is 32.6 Å². The fourth-order valence-corrected chi connectivity index (χ4v) is 2.20. The summed E-state index contributed by atoms with van der Waals surface area (Å²) >= 11 is 5.39. The largest absolute Gasteiger partial charge is 0.152 e. The van der Waals surface area contributed by atoms with Crippen LogP contribution >= 0.6 is 27.3 Å². The lowest BCUT2D eigenvalue weighted by molar-refractivity contribution is 1.75. The van der Waals surface area contributed by atoms with Gasteiger partial charge in [0.25, 0.3) is 0 Å². The molecule has 0 amide bonds. The van der Waals surface area contributed by atoms with Crippen LogP contribution < -0.4 is 0 Å². The highest BCUT2D eigenvalue weighted by Gasteiger charge is 2.16. The van der Waals surface area contributed by atoms with Gasteiger partial charge in [0.2, 0.25) is 0 Å². The number of rotatable bonds is 2. The summed E-state index contributed by atoms with van der Waals surface area (Å²) in [5.41, 5.74) is 1.31. The fraction of sp³-hybridized carbons (Fsp3) is 0.333. The van der Waals surface area contributed by atoms with Crippen molar-refractivity contribution in [3.05, 3.63) is 26.5 Å². The highest BCUT2D eigenvalue weighted by atomic mass is 79.9. The predicted molar refractivity (Wildman–Crippen MR) is 64.6 cm³/mol. The molecule has 0 aromatic carbocycles. The first-order valence-electron chi connectivity index (χ1n) is 3.90. The summed E-state index contributed by atoms with van der Waals surface area (Å²) in [5.74, 6) is 0. The van der Waals surface area contributed by atoms with E-state index >= 15 is 0 Å². The molecule has 0 saturated heterocycles. The van der Waals surface area contributed by atoms with E-state index in [1.807, 2.05) is 0 Å². The number of thiophene rings is 1. The molecule has 0 N–H and O–H groups in total. The highest BCUT2D eigenvalue weighted by Crippen LogP contribution is 2.24. The molecule has 0 bridgehead atoms. The number of hydrogen-bond donors (Lipinski definition) is 0. The summed E-state index contributed by atoms with van der Waals surface area (Å²) in [6.07, 6.45) is 2.24. The van der Waals surface area contributed by atoms with Crippen LogP contribution in [0.15, 0.2) is 20.9 Å². The third-order valence-corrected chi connectivity index (χ3v) is 7.63. The smallest absolute Gasteiger partial charge is 0.0865 e. The monoisotopic (exact) mass is 260 g/mol. The average molecular weight is 261 g/mol. The van der Waals surface area contributed by atoms with Crippen LogP contribution in [0.5, 0.6) is 0 Å². The van der Waals surface area contributed by atoms with Crippen molar-refractivity contribution in [3.63, 3.8) is 0 Å². The Kier molecular flexibility index (Phi) is 3.32. The molecule has 0 unspecified atom stereocenters. The number of halogens is 1. The van der Waals surface area contributed by atoms with Crippen LogP contribution in [-0.2, 0) is 0 Å². The first kappa shape index (κ1) is 10.2. The maximum atomic E-state index is 3.65. The van der Waals surface area contributed by atoms with Crippen LogP contribution in [-0.4, -0.2) is 8.07 Å². The van der Waals surface area contributed by atoms with Gasteiger partial charge in [0, 0.05) is 0 Å². The second kappa shape index (κ2) is 3.90. The van der Waals surface area contributed by atoms with Crippen molar-refractivity contribution in [1.82, 2.24) is 0 Å². The molecule has 0 radical (unpaired) electrons. The Labute approximate surface area is 87.5 Å². The highest BCUT2D eigenvalue weighted by molar-refractivity contribution is 9.12. The van der Waals surface area contributed by atoms with Crippen molar-refractivity contribution in [2.24, 2.45) is 0 Å². The van der Waals surface area contributed by atoms with Gasteiger partial charge in [-0.1, -0.05) is 35.6 Å². The van der Waals surface area contributed by atoms with Crippen LogP contribution in [0.4, 0.5) is 0 Å². The molecule has 0 nitrogen and oxygen atoms in total. The molecule has 0 aliphatic heterocycles. The van der Waals surface area contributed by atoms with Gasteiger partial charge in [0.05, 0.1) is 8.07 Å². The van der Waals surface area contributed by atoms with Crippen molar-refractivity contribution in [2.75, 3.05) is 0 Å². The molecule has 0 spiro atoms. The molecule has 0 atom stereocenters. The molecule has 66 valence electrons. The van der Waals surface area contributed by atoms with E-state index in [1.165, 1.54) is 9.67 Å². The van der Waals surface area contributed by atoms with Gasteiger partial charge in [-0.2, -0.15) is 11.3 Å². The Hall–Kier alpha value is 0.137. The lowest BCUT2D eigenvalue weighted by Crippen LogP contribution is -2.19. The Morgan fingerprint density at radius 1 is 1.50 bits per heavy atom. The third-order valence-electron chi connectivity index (χ3n) is 1.55. The van der Waals surface area contributed by atoms with Crippen LogP contribution in [0.2, 0.25) is 19.6 Å². The van der Waals surface area contributed by atoms with Gasteiger partial charge in [-0.25, -0.2) is 0 Å². The Bertz CT molecular complexity index is 269. The predicted octanol–water partition coefficient (Wildman–Crippen LogP) is 4.36. The van der Waals surface area contributed by atoms with Gasteiger partial charge in [-0.3, -0.25) is 0 Å². The molecule has 1 aromatic heterocycles. The molecule has 0 saturated carbocycles. The summed E-state index contributed by atoms with van der Waals surface area (Å²) in [6.45, 7) is 7.00. The van der Waals surface area contributed by atoms with Gasteiger partial charge < -0.3 is 0 Å². The van der Waals surface area contributed by atoms with Gasteiger partial charge >= 0.3 is 0 Å². The van der Waals surface area contributed by atoms with Crippen LogP contribution in [0.25, 0.3) is 6.08 Å². The van der Waals surface area contributed by atoms with Crippen LogP contribution in [0, 0.1) is 0 Å². The molecule has 1 rings (SSSR count). The Balaban J connectivity index is 2.84. The minimum Gasteiger partial charge on any atom is -0.152 e. The van der Waals surface area contributed by atoms with Gasteiger partial charge in [0.1, 0.15) is 0 Å². The summed E-state index contributed by atoms with van der Waals surface area (Å²) in [6, 6.07) is 2.14. The van der Waals surface area contributed by atoms with Crippen molar-refractivity contribution in [2.45, 2.75) is 19.6 Å². The SMILES string of the molecule is C[Si](C)(C)/C(Br)=C/c1ccsc1. The summed E-state index contributed by atoms with van der Waals surface area (Å²) in [7, 11) is -1.13. The van der Waals surface area contributed by atoms with E-state index in [0.29, 0.717) is 0 Å². The van der Waals surface area contributed by atoms with Crippen LogP contribution in [0.1, 0.15) is 5.56 Å². The summed E-state index contributed by atoms with van der Waals surface area (Å²) in [4.78, 5) is 0. The molecule has 0 aliphatic rings. The molecule has 12 heavy (non-hydrogen) atoms. The van der Waals surface area contributed by atoms with Crippen molar-refractivity contribution in [3.8, 4) is 0 Å². The topological polar surface area (TPSA) is 0 Å². The first-order chi connectivity index (χ1) is 5.50. The maximum Gasteiger partial charge on any atom is 0.0865 e. The van der Waals surface area contributed by atoms with E-state index < -0.39 is 8.07 Å². The molecular formula is C9H13BrSSi. The molecule has 0 fully saturated rings. The molecule has 1 heterocycles. The second-order valence-electron chi connectivity index (χ2n) is 3.80. The minimum absolute atomic E-state index is 1.13. The lowest BCUT2D eigenvalue weighted by atomic mass is 10.3. The molecular weight excluding hydrogens is 248 g/mol. The molecule has 0 aliphatic carbocycles. The van der Waals surface area contributed by atoms with Gasteiger partial charge in [0.15, 0.2) is 0 Å². The van der Waals surface area contributed by atoms with E-state index in [0.717, 1.165) is 0 Å². The zero-order valence-electron chi connectivity index (χ0n) is 7.60. The average Bonchev–Trinajstić information content (AvgIpc) is 2.37. The quantitative estimate of drug-likeness (QED) is 0.694. The normalized spacial score (nSPS) is 13.5. The van der Waals surface area contributed by atoms with E-state index in [2.05, 4.69) is 58.5 Å². The van der Waals surface area contributed by atoms with E-state index in [9.17, 15) is 0 Å². The lowest BCUT2D eigenvalue weighted by Gasteiger charge is -2.14.